The van der Waals surface area contributed by atoms with Crippen molar-refractivity contribution in [3.8, 4) is 40.1 Å². The molecule has 0 unspecified atom stereocenters. The first-order valence-electron chi connectivity index (χ1n) is 7.86. The summed E-state index contributed by atoms with van der Waals surface area (Å²) in [4.78, 5) is 4.36. The highest BCUT2D eigenvalue weighted by atomic mass is 16.5. The Balaban J connectivity index is 1.87. The van der Waals surface area contributed by atoms with Crippen LogP contribution in [0.2, 0.25) is 0 Å². The monoisotopic (exact) mass is 340 g/mol. The van der Waals surface area contributed by atoms with Gasteiger partial charge in [0.1, 0.15) is 22.8 Å². The third-order valence-electron chi connectivity index (χ3n) is 3.40. The number of ether oxygens (including phenoxy) is 2. The van der Waals surface area contributed by atoms with Gasteiger partial charge in [-0.05, 0) is 63.2 Å². The Morgan fingerprint density at radius 1 is 1.00 bits per heavy atom. The van der Waals surface area contributed by atoms with Crippen molar-refractivity contribution in [1.82, 2.24) is 10.1 Å². The number of phenolic OH excluding ortho intramolecular Hbond substituents is 1. The summed E-state index contributed by atoms with van der Waals surface area (Å²) in [5.74, 6) is 2.06. The molecule has 3 aromatic rings. The second-order valence-electron chi connectivity index (χ2n) is 6.55. The second kappa shape index (κ2) is 6.47. The van der Waals surface area contributed by atoms with Crippen molar-refractivity contribution in [2.75, 3.05) is 7.11 Å². The molecule has 0 radical (unpaired) electrons. The molecule has 0 fully saturated rings. The van der Waals surface area contributed by atoms with Crippen LogP contribution in [0.5, 0.6) is 17.2 Å². The average Bonchev–Trinajstić information content (AvgIpc) is 3.04. The fourth-order valence-electron chi connectivity index (χ4n) is 2.29. The summed E-state index contributed by atoms with van der Waals surface area (Å²) in [5, 5.41) is 14.0. The van der Waals surface area contributed by atoms with Crippen molar-refractivity contribution >= 4 is 0 Å². The fourth-order valence-corrected chi connectivity index (χ4v) is 2.29. The van der Waals surface area contributed by atoms with Crippen LogP contribution in [0.3, 0.4) is 0 Å². The molecular weight excluding hydrogens is 320 g/mol. The Morgan fingerprint density at radius 3 is 2.32 bits per heavy atom. The van der Waals surface area contributed by atoms with Gasteiger partial charge < -0.3 is 19.1 Å². The Labute approximate surface area is 146 Å². The van der Waals surface area contributed by atoms with E-state index in [-0.39, 0.29) is 17.2 Å². The number of aromatic hydroxyl groups is 1. The molecule has 6 nitrogen and oxygen atoms in total. The molecule has 0 saturated carbocycles. The normalized spacial score (nSPS) is 11.4. The number of hydrogen-bond acceptors (Lipinski definition) is 6. The summed E-state index contributed by atoms with van der Waals surface area (Å²) in [6, 6.07) is 12.3. The summed E-state index contributed by atoms with van der Waals surface area (Å²) >= 11 is 0. The molecule has 0 spiro atoms. The Kier molecular flexibility index (Phi) is 4.35. The first-order valence-corrected chi connectivity index (χ1v) is 7.86. The first-order chi connectivity index (χ1) is 11.9. The SMILES string of the molecule is COc1ccc(O)c(-c2nc(-c3ccc(OC(C)(C)C)cc3)no2)c1. The fraction of sp³-hybridized carbons (Fsp3) is 0.263. The minimum absolute atomic E-state index is 0.0462. The van der Waals surface area contributed by atoms with Gasteiger partial charge in [0.25, 0.3) is 5.89 Å². The number of hydrogen-bond donors (Lipinski definition) is 1. The van der Waals surface area contributed by atoms with E-state index in [1.807, 2.05) is 45.0 Å². The molecule has 1 aromatic heterocycles. The minimum Gasteiger partial charge on any atom is -0.507 e. The van der Waals surface area contributed by atoms with Gasteiger partial charge in [-0.1, -0.05) is 5.16 Å². The number of methoxy groups -OCH3 is 1. The van der Waals surface area contributed by atoms with E-state index in [0.29, 0.717) is 17.1 Å². The van der Waals surface area contributed by atoms with E-state index in [4.69, 9.17) is 14.0 Å². The van der Waals surface area contributed by atoms with Crippen LogP contribution in [0, 0.1) is 0 Å². The molecule has 0 atom stereocenters. The standard InChI is InChI=1S/C19H20N2O4/c1-19(2,3)24-13-7-5-12(6-8-13)17-20-18(25-21-17)15-11-14(23-4)9-10-16(15)22/h5-11,22H,1-4H3. The largest absolute Gasteiger partial charge is 0.507 e. The Bertz CT molecular complexity index is 864. The maximum atomic E-state index is 10.0. The lowest BCUT2D eigenvalue weighted by Crippen LogP contribution is -2.22. The maximum absolute atomic E-state index is 10.0. The zero-order valence-electron chi connectivity index (χ0n) is 14.6. The number of rotatable bonds is 4. The van der Waals surface area contributed by atoms with Gasteiger partial charge in [0.15, 0.2) is 0 Å². The first kappa shape index (κ1) is 16.8. The highest BCUT2D eigenvalue weighted by Gasteiger charge is 2.16. The van der Waals surface area contributed by atoms with Crippen LogP contribution in [0.4, 0.5) is 0 Å². The minimum atomic E-state index is -0.259. The van der Waals surface area contributed by atoms with E-state index in [1.54, 1.807) is 19.2 Å². The molecule has 0 aliphatic heterocycles. The van der Waals surface area contributed by atoms with E-state index in [0.717, 1.165) is 11.3 Å². The lowest BCUT2D eigenvalue weighted by atomic mass is 10.1. The quantitative estimate of drug-likeness (QED) is 0.763. The summed E-state index contributed by atoms with van der Waals surface area (Å²) in [6.07, 6.45) is 0. The molecule has 0 amide bonds. The van der Waals surface area contributed by atoms with Crippen LogP contribution >= 0.6 is 0 Å². The van der Waals surface area contributed by atoms with Gasteiger partial charge in [0.2, 0.25) is 5.82 Å². The van der Waals surface area contributed by atoms with Crippen molar-refractivity contribution in [3.05, 3.63) is 42.5 Å². The van der Waals surface area contributed by atoms with Gasteiger partial charge in [0.05, 0.1) is 12.7 Å². The molecular formula is C19H20N2O4. The van der Waals surface area contributed by atoms with Crippen LogP contribution in [-0.2, 0) is 0 Å². The van der Waals surface area contributed by atoms with Gasteiger partial charge in [-0.2, -0.15) is 4.98 Å². The number of phenols is 1. The van der Waals surface area contributed by atoms with Crippen LogP contribution < -0.4 is 9.47 Å². The van der Waals surface area contributed by atoms with Crippen LogP contribution in [0.25, 0.3) is 22.8 Å². The Hall–Kier alpha value is -3.02. The predicted molar refractivity (Wildman–Crippen MR) is 93.8 cm³/mol. The third-order valence-corrected chi connectivity index (χ3v) is 3.40. The average molecular weight is 340 g/mol. The number of aromatic nitrogens is 2. The van der Waals surface area contributed by atoms with Crippen molar-refractivity contribution in [3.63, 3.8) is 0 Å². The van der Waals surface area contributed by atoms with Crippen LogP contribution in [0.1, 0.15) is 20.8 Å². The van der Waals surface area contributed by atoms with Gasteiger partial charge in [0, 0.05) is 5.56 Å². The molecule has 3 rings (SSSR count). The van der Waals surface area contributed by atoms with E-state index in [1.165, 1.54) is 6.07 Å². The molecule has 2 aromatic carbocycles. The van der Waals surface area contributed by atoms with Crippen LogP contribution in [0.15, 0.2) is 47.0 Å². The van der Waals surface area contributed by atoms with Crippen molar-refractivity contribution in [2.24, 2.45) is 0 Å². The highest BCUT2D eigenvalue weighted by molar-refractivity contribution is 5.66. The summed E-state index contributed by atoms with van der Waals surface area (Å²) in [6.45, 7) is 5.98. The summed E-state index contributed by atoms with van der Waals surface area (Å²) in [5.41, 5.74) is 0.953. The summed E-state index contributed by atoms with van der Waals surface area (Å²) < 4.78 is 16.2. The van der Waals surface area contributed by atoms with Gasteiger partial charge in [-0.3, -0.25) is 0 Å². The topological polar surface area (TPSA) is 77.6 Å². The second-order valence-corrected chi connectivity index (χ2v) is 6.55. The van der Waals surface area contributed by atoms with Crippen LogP contribution in [-0.4, -0.2) is 28.0 Å². The predicted octanol–water partition coefficient (Wildman–Crippen LogP) is 4.30. The van der Waals surface area contributed by atoms with Crippen molar-refractivity contribution in [1.29, 1.82) is 0 Å². The van der Waals surface area contributed by atoms with E-state index in [2.05, 4.69) is 10.1 Å². The maximum Gasteiger partial charge on any atom is 0.262 e. The molecule has 1 heterocycles. The molecule has 6 heteroatoms. The van der Waals surface area contributed by atoms with E-state index < -0.39 is 0 Å². The smallest absolute Gasteiger partial charge is 0.262 e. The lowest BCUT2D eigenvalue weighted by Gasteiger charge is -2.21. The van der Waals surface area contributed by atoms with Crippen molar-refractivity contribution < 1.29 is 19.1 Å². The molecule has 0 aliphatic carbocycles. The molecule has 0 saturated heterocycles. The van der Waals surface area contributed by atoms with Gasteiger partial charge in [-0.15, -0.1) is 0 Å². The number of nitrogens with zero attached hydrogens (tertiary/aromatic N) is 2. The zero-order valence-corrected chi connectivity index (χ0v) is 14.6. The van der Waals surface area contributed by atoms with E-state index >= 15 is 0 Å². The molecule has 0 bridgehead atoms. The molecule has 130 valence electrons. The van der Waals surface area contributed by atoms with E-state index in [9.17, 15) is 5.11 Å². The third kappa shape index (κ3) is 3.91. The molecule has 0 aliphatic rings. The highest BCUT2D eigenvalue weighted by Crippen LogP contribution is 2.33. The molecule has 25 heavy (non-hydrogen) atoms. The lowest BCUT2D eigenvalue weighted by molar-refractivity contribution is 0.131. The Morgan fingerprint density at radius 2 is 1.68 bits per heavy atom. The van der Waals surface area contributed by atoms with Gasteiger partial charge in [-0.25, -0.2) is 0 Å². The van der Waals surface area contributed by atoms with Gasteiger partial charge >= 0.3 is 0 Å². The number of benzene rings is 2. The zero-order chi connectivity index (χ0) is 18.0. The molecule has 1 N–H and O–H groups in total. The van der Waals surface area contributed by atoms with Crippen molar-refractivity contribution in [2.45, 2.75) is 26.4 Å². The summed E-state index contributed by atoms with van der Waals surface area (Å²) in [7, 11) is 1.55.